The van der Waals surface area contributed by atoms with E-state index in [4.69, 9.17) is 26.4 Å². The summed E-state index contributed by atoms with van der Waals surface area (Å²) in [6.07, 6.45) is 1.69. The molecule has 0 fully saturated rings. The smallest absolute Gasteiger partial charge is 0.216 e. The van der Waals surface area contributed by atoms with Crippen molar-refractivity contribution in [2.24, 2.45) is 5.10 Å². The zero-order chi connectivity index (χ0) is 19.9. The Hall–Kier alpha value is -3.13. The predicted molar refractivity (Wildman–Crippen MR) is 111 cm³/mol. The molecule has 0 aliphatic rings. The second-order valence-corrected chi connectivity index (χ2v) is 6.10. The van der Waals surface area contributed by atoms with Gasteiger partial charge in [0.15, 0.2) is 17.3 Å². The Labute approximate surface area is 168 Å². The van der Waals surface area contributed by atoms with Gasteiger partial charge in [-0.3, -0.25) is 0 Å². The molecule has 1 heterocycles. The molecule has 1 N–H and O–H groups in total. The summed E-state index contributed by atoms with van der Waals surface area (Å²) in [6.45, 7) is 5.03. The lowest BCUT2D eigenvalue weighted by Crippen LogP contribution is -1.98. The summed E-state index contributed by atoms with van der Waals surface area (Å²) in [4.78, 5) is 0. The minimum atomic E-state index is 0.394. The molecule has 3 rings (SSSR count). The van der Waals surface area contributed by atoms with Crippen LogP contribution in [0.15, 0.2) is 47.6 Å². The molecule has 0 radical (unpaired) electrons. The van der Waals surface area contributed by atoms with Crippen molar-refractivity contribution in [3.05, 3.63) is 52.8 Å². The molecule has 0 saturated carbocycles. The highest BCUT2D eigenvalue weighted by Crippen LogP contribution is 2.27. The van der Waals surface area contributed by atoms with Gasteiger partial charge < -0.3 is 14.2 Å². The second kappa shape index (κ2) is 9.18. The lowest BCUT2D eigenvalue weighted by Gasteiger charge is -2.09. The third-order valence-electron chi connectivity index (χ3n) is 3.86. The first-order valence-electron chi connectivity index (χ1n) is 8.92. The monoisotopic (exact) mass is 398 g/mol. The molecule has 0 saturated heterocycles. The number of rotatable bonds is 8. The standard InChI is InChI=1S/C20H22N4O3S/c1-4-26-16-8-6-7-15(12-16)19-22-23-20(28)24(19)21-13-14-9-10-17(27-5-2)18(11-14)25-3/h6-13H,4-5H2,1-3H3,(H,23,28). The maximum atomic E-state index is 5.56. The van der Waals surface area contributed by atoms with E-state index in [0.29, 0.717) is 35.3 Å². The minimum absolute atomic E-state index is 0.394. The van der Waals surface area contributed by atoms with Gasteiger partial charge in [0.2, 0.25) is 4.77 Å². The SMILES string of the molecule is CCOc1cccc(-c2n[nH]c(=S)n2N=Cc2ccc(OCC)c(OC)c2)c1. The fourth-order valence-corrected chi connectivity index (χ4v) is 2.82. The largest absolute Gasteiger partial charge is 0.494 e. The van der Waals surface area contributed by atoms with E-state index in [9.17, 15) is 0 Å². The van der Waals surface area contributed by atoms with Crippen LogP contribution in [0.4, 0.5) is 0 Å². The van der Waals surface area contributed by atoms with Gasteiger partial charge in [0.05, 0.1) is 26.5 Å². The molecule has 0 atom stereocenters. The zero-order valence-corrected chi connectivity index (χ0v) is 16.8. The second-order valence-electron chi connectivity index (χ2n) is 5.71. The topological polar surface area (TPSA) is 73.7 Å². The third-order valence-corrected chi connectivity index (χ3v) is 4.13. The number of H-pyrrole nitrogens is 1. The van der Waals surface area contributed by atoms with Gasteiger partial charge in [0.1, 0.15) is 5.75 Å². The molecule has 146 valence electrons. The average molecular weight is 398 g/mol. The number of methoxy groups -OCH3 is 1. The quantitative estimate of drug-likeness (QED) is 0.452. The van der Waals surface area contributed by atoms with Crippen LogP contribution in [0, 0.1) is 4.77 Å². The number of aromatic nitrogens is 3. The maximum absolute atomic E-state index is 5.56. The van der Waals surface area contributed by atoms with Crippen molar-refractivity contribution in [1.82, 2.24) is 14.9 Å². The molecule has 2 aromatic carbocycles. The van der Waals surface area contributed by atoms with Gasteiger partial charge >= 0.3 is 0 Å². The number of nitrogens with zero attached hydrogens (tertiary/aromatic N) is 3. The molecule has 0 spiro atoms. The molecular weight excluding hydrogens is 376 g/mol. The van der Waals surface area contributed by atoms with E-state index in [0.717, 1.165) is 16.9 Å². The van der Waals surface area contributed by atoms with E-state index >= 15 is 0 Å². The van der Waals surface area contributed by atoms with E-state index in [2.05, 4.69) is 15.3 Å². The Bertz CT molecular complexity index is 1030. The molecule has 1 aromatic heterocycles. The molecule has 0 amide bonds. The zero-order valence-electron chi connectivity index (χ0n) is 16.0. The van der Waals surface area contributed by atoms with Gasteiger partial charge in [-0.1, -0.05) is 12.1 Å². The number of hydrogen-bond acceptors (Lipinski definition) is 6. The summed E-state index contributed by atoms with van der Waals surface area (Å²) in [5.74, 6) is 2.70. The normalized spacial score (nSPS) is 11.0. The van der Waals surface area contributed by atoms with Gasteiger partial charge in [0, 0.05) is 5.56 Å². The van der Waals surface area contributed by atoms with Gasteiger partial charge in [-0.2, -0.15) is 14.9 Å². The summed E-state index contributed by atoms with van der Waals surface area (Å²) in [5, 5.41) is 11.6. The molecule has 0 aliphatic heterocycles. The van der Waals surface area contributed by atoms with E-state index in [1.54, 1.807) is 18.0 Å². The van der Waals surface area contributed by atoms with Crippen LogP contribution in [-0.2, 0) is 0 Å². The molecule has 3 aromatic rings. The summed E-state index contributed by atoms with van der Waals surface area (Å²) in [6, 6.07) is 13.2. The van der Waals surface area contributed by atoms with E-state index in [1.807, 2.05) is 56.3 Å². The van der Waals surface area contributed by atoms with Crippen molar-refractivity contribution in [3.63, 3.8) is 0 Å². The van der Waals surface area contributed by atoms with Crippen LogP contribution in [-0.4, -0.2) is 41.4 Å². The average Bonchev–Trinajstić information content (AvgIpc) is 3.08. The summed E-state index contributed by atoms with van der Waals surface area (Å²) >= 11 is 5.33. The van der Waals surface area contributed by atoms with Crippen molar-refractivity contribution < 1.29 is 14.2 Å². The molecule has 0 bridgehead atoms. The van der Waals surface area contributed by atoms with Crippen molar-refractivity contribution in [1.29, 1.82) is 0 Å². The van der Waals surface area contributed by atoms with Crippen LogP contribution < -0.4 is 14.2 Å². The Balaban J connectivity index is 1.93. The lowest BCUT2D eigenvalue weighted by atomic mass is 10.2. The minimum Gasteiger partial charge on any atom is -0.494 e. The fourth-order valence-electron chi connectivity index (χ4n) is 2.64. The van der Waals surface area contributed by atoms with Gasteiger partial charge in [-0.25, -0.2) is 5.10 Å². The Morgan fingerprint density at radius 2 is 1.93 bits per heavy atom. The van der Waals surface area contributed by atoms with Crippen molar-refractivity contribution in [3.8, 4) is 28.6 Å². The van der Waals surface area contributed by atoms with Crippen LogP contribution in [0.5, 0.6) is 17.2 Å². The number of benzene rings is 2. The molecule has 8 heteroatoms. The lowest BCUT2D eigenvalue weighted by molar-refractivity contribution is 0.311. The van der Waals surface area contributed by atoms with Crippen LogP contribution in [0.1, 0.15) is 19.4 Å². The third kappa shape index (κ3) is 4.40. The van der Waals surface area contributed by atoms with Crippen molar-refractivity contribution in [2.75, 3.05) is 20.3 Å². The van der Waals surface area contributed by atoms with Crippen LogP contribution in [0.2, 0.25) is 0 Å². The first kappa shape index (κ1) is 19.6. The molecule has 7 nitrogen and oxygen atoms in total. The predicted octanol–water partition coefficient (Wildman–Crippen LogP) is 4.30. The first-order valence-corrected chi connectivity index (χ1v) is 9.33. The number of ether oxygens (including phenoxy) is 3. The molecule has 0 unspecified atom stereocenters. The first-order chi connectivity index (χ1) is 13.7. The molecular formula is C20H22N4O3S. The summed E-state index contributed by atoms with van der Waals surface area (Å²) in [5.41, 5.74) is 1.69. The summed E-state index contributed by atoms with van der Waals surface area (Å²) in [7, 11) is 1.61. The van der Waals surface area contributed by atoms with E-state index < -0.39 is 0 Å². The van der Waals surface area contributed by atoms with Gasteiger partial charge in [-0.05, 0) is 62.0 Å². The van der Waals surface area contributed by atoms with Crippen LogP contribution >= 0.6 is 12.2 Å². The van der Waals surface area contributed by atoms with Crippen molar-refractivity contribution in [2.45, 2.75) is 13.8 Å². The highest BCUT2D eigenvalue weighted by Gasteiger charge is 2.10. The number of nitrogens with one attached hydrogen (secondary N) is 1. The number of aromatic amines is 1. The van der Waals surface area contributed by atoms with E-state index in [-0.39, 0.29) is 0 Å². The van der Waals surface area contributed by atoms with Gasteiger partial charge in [-0.15, -0.1) is 0 Å². The van der Waals surface area contributed by atoms with E-state index in [1.165, 1.54) is 0 Å². The Morgan fingerprint density at radius 1 is 1.11 bits per heavy atom. The van der Waals surface area contributed by atoms with Crippen molar-refractivity contribution >= 4 is 18.4 Å². The number of hydrogen-bond donors (Lipinski definition) is 1. The van der Waals surface area contributed by atoms with Crippen LogP contribution in [0.25, 0.3) is 11.4 Å². The Kier molecular flexibility index (Phi) is 6.44. The maximum Gasteiger partial charge on any atom is 0.216 e. The molecule has 28 heavy (non-hydrogen) atoms. The summed E-state index contributed by atoms with van der Waals surface area (Å²) < 4.78 is 18.5. The molecule has 0 aliphatic carbocycles. The highest BCUT2D eigenvalue weighted by atomic mass is 32.1. The fraction of sp³-hybridized carbons (Fsp3) is 0.250. The van der Waals surface area contributed by atoms with Gasteiger partial charge in [0.25, 0.3) is 0 Å². The Morgan fingerprint density at radius 3 is 2.68 bits per heavy atom. The highest BCUT2D eigenvalue weighted by molar-refractivity contribution is 7.71. The van der Waals surface area contributed by atoms with Crippen LogP contribution in [0.3, 0.4) is 0 Å².